The lowest BCUT2D eigenvalue weighted by atomic mass is 9.72. The Morgan fingerprint density at radius 3 is 2.05 bits per heavy atom. The lowest BCUT2D eigenvalue weighted by molar-refractivity contribution is 0.632. The van der Waals surface area contributed by atoms with Crippen LogP contribution in [0.1, 0.15) is 36.1 Å². The quantitative estimate of drug-likeness (QED) is 0.188. The number of hydrogen-bond acceptors (Lipinski definition) is 1. The SMILES string of the molecule is Cc1ccccc1-c1cc2c(cc1C)N(c1ccc3c(ccc4cc(Br)ccc43)c1)c1ccccc1C2(C)C. The molecule has 7 rings (SSSR count). The van der Waals surface area contributed by atoms with Crippen LogP contribution in [0, 0.1) is 13.8 Å². The second-order valence-corrected chi connectivity index (χ2v) is 12.2. The van der Waals surface area contributed by atoms with Gasteiger partial charge in [0.25, 0.3) is 0 Å². The minimum Gasteiger partial charge on any atom is -0.310 e. The maximum Gasteiger partial charge on any atom is 0.0505 e. The summed E-state index contributed by atoms with van der Waals surface area (Å²) in [5.74, 6) is 0. The molecule has 0 amide bonds. The number of fused-ring (bicyclic) bond motifs is 5. The summed E-state index contributed by atoms with van der Waals surface area (Å²) in [6.45, 7) is 9.18. The van der Waals surface area contributed by atoms with Gasteiger partial charge in [-0.05, 0) is 111 Å². The van der Waals surface area contributed by atoms with Gasteiger partial charge in [0.15, 0.2) is 0 Å². The summed E-state index contributed by atoms with van der Waals surface area (Å²) >= 11 is 3.62. The number of halogens is 1. The third kappa shape index (κ3) is 3.73. The topological polar surface area (TPSA) is 3.24 Å². The molecule has 0 saturated carbocycles. The summed E-state index contributed by atoms with van der Waals surface area (Å²) in [6.07, 6.45) is 0. The average Bonchev–Trinajstić information content (AvgIpc) is 2.93. The molecule has 1 heterocycles. The molecule has 2 heteroatoms. The van der Waals surface area contributed by atoms with E-state index in [1.807, 2.05) is 0 Å². The molecule has 6 aromatic rings. The van der Waals surface area contributed by atoms with E-state index in [1.165, 1.54) is 72.0 Å². The fourth-order valence-electron chi connectivity index (χ4n) is 6.46. The van der Waals surface area contributed by atoms with Crippen molar-refractivity contribution in [3.05, 3.63) is 136 Å². The zero-order chi connectivity index (χ0) is 26.9. The van der Waals surface area contributed by atoms with Gasteiger partial charge in [-0.1, -0.05) is 96.5 Å². The normalized spacial score (nSPS) is 13.9. The number of nitrogens with zero attached hydrogens (tertiary/aromatic N) is 1. The molecule has 0 aliphatic carbocycles. The third-order valence-electron chi connectivity index (χ3n) is 8.55. The maximum absolute atomic E-state index is 3.62. The lowest BCUT2D eigenvalue weighted by Gasteiger charge is -2.42. The van der Waals surface area contributed by atoms with Gasteiger partial charge in [-0.15, -0.1) is 0 Å². The number of hydrogen-bond donors (Lipinski definition) is 0. The van der Waals surface area contributed by atoms with Crippen LogP contribution in [0.2, 0.25) is 0 Å². The van der Waals surface area contributed by atoms with Crippen molar-refractivity contribution in [3.8, 4) is 11.1 Å². The van der Waals surface area contributed by atoms with Crippen LogP contribution in [-0.4, -0.2) is 0 Å². The standard InChI is InChI=1S/C37H30BrN/c1-23-9-5-6-10-29(23)32-22-34-36(19-24(32)2)39(35-12-8-7-11-33(35)37(34,3)4)28-16-18-31-26(21-28)14-13-25-20-27(38)15-17-30(25)31/h5-22H,1-4H3. The molecule has 0 N–H and O–H groups in total. The molecule has 0 unspecified atom stereocenters. The van der Waals surface area contributed by atoms with Gasteiger partial charge in [0, 0.05) is 15.6 Å². The summed E-state index contributed by atoms with van der Waals surface area (Å²) in [5, 5.41) is 5.06. The Hall–Kier alpha value is -3.88. The Morgan fingerprint density at radius 1 is 0.564 bits per heavy atom. The molecule has 1 aliphatic heterocycles. The van der Waals surface area contributed by atoms with E-state index < -0.39 is 0 Å². The highest BCUT2D eigenvalue weighted by atomic mass is 79.9. The molecule has 1 nitrogen and oxygen atoms in total. The van der Waals surface area contributed by atoms with E-state index >= 15 is 0 Å². The smallest absolute Gasteiger partial charge is 0.0505 e. The van der Waals surface area contributed by atoms with Crippen molar-refractivity contribution in [2.24, 2.45) is 0 Å². The van der Waals surface area contributed by atoms with Crippen LogP contribution >= 0.6 is 15.9 Å². The molecule has 1 aliphatic rings. The number of aryl methyl sites for hydroxylation is 2. The molecular weight excluding hydrogens is 538 g/mol. The van der Waals surface area contributed by atoms with Gasteiger partial charge in [0.1, 0.15) is 0 Å². The summed E-state index contributed by atoms with van der Waals surface area (Å²) < 4.78 is 1.11. The van der Waals surface area contributed by atoms with Gasteiger partial charge in [-0.2, -0.15) is 0 Å². The summed E-state index contributed by atoms with van der Waals surface area (Å²) in [4.78, 5) is 2.47. The lowest BCUT2D eigenvalue weighted by Crippen LogP contribution is -2.30. The monoisotopic (exact) mass is 567 g/mol. The molecule has 0 radical (unpaired) electrons. The highest BCUT2D eigenvalue weighted by Gasteiger charge is 2.37. The number of rotatable bonds is 2. The van der Waals surface area contributed by atoms with E-state index in [9.17, 15) is 0 Å². The minimum absolute atomic E-state index is 0.131. The third-order valence-corrected chi connectivity index (χ3v) is 9.04. The summed E-state index contributed by atoms with van der Waals surface area (Å²) in [5.41, 5.74) is 11.5. The van der Waals surface area contributed by atoms with Gasteiger partial charge in [0.05, 0.1) is 11.4 Å². The van der Waals surface area contributed by atoms with Crippen molar-refractivity contribution in [2.45, 2.75) is 33.1 Å². The van der Waals surface area contributed by atoms with E-state index in [0.29, 0.717) is 0 Å². The van der Waals surface area contributed by atoms with Gasteiger partial charge in [0.2, 0.25) is 0 Å². The van der Waals surface area contributed by atoms with E-state index in [4.69, 9.17) is 0 Å². The van der Waals surface area contributed by atoms with Crippen LogP contribution in [0.15, 0.2) is 114 Å². The summed E-state index contributed by atoms with van der Waals surface area (Å²) in [6, 6.07) is 40.4. The number of benzene rings is 6. The maximum atomic E-state index is 3.62. The van der Waals surface area contributed by atoms with E-state index in [2.05, 4.69) is 158 Å². The van der Waals surface area contributed by atoms with Crippen LogP contribution in [0.4, 0.5) is 17.1 Å². The van der Waals surface area contributed by atoms with E-state index in [-0.39, 0.29) is 5.41 Å². The van der Waals surface area contributed by atoms with Crippen LogP contribution in [0.5, 0.6) is 0 Å². The number of anilines is 3. The molecule has 0 bridgehead atoms. The molecule has 39 heavy (non-hydrogen) atoms. The van der Waals surface area contributed by atoms with Crippen LogP contribution in [-0.2, 0) is 5.41 Å². The molecule has 0 fully saturated rings. The zero-order valence-corrected chi connectivity index (χ0v) is 24.3. The highest BCUT2D eigenvalue weighted by Crippen LogP contribution is 2.53. The van der Waals surface area contributed by atoms with Crippen molar-refractivity contribution < 1.29 is 0 Å². The Labute approximate surface area is 238 Å². The fraction of sp³-hybridized carbons (Fsp3) is 0.135. The molecular formula is C37H30BrN. The van der Waals surface area contributed by atoms with Crippen molar-refractivity contribution in [2.75, 3.05) is 4.90 Å². The van der Waals surface area contributed by atoms with Crippen LogP contribution in [0.25, 0.3) is 32.7 Å². The van der Waals surface area contributed by atoms with Gasteiger partial charge in [-0.3, -0.25) is 0 Å². The van der Waals surface area contributed by atoms with Crippen LogP contribution < -0.4 is 4.90 Å². The van der Waals surface area contributed by atoms with Gasteiger partial charge in [-0.25, -0.2) is 0 Å². The molecule has 0 spiro atoms. The first-order valence-electron chi connectivity index (χ1n) is 13.6. The summed E-state index contributed by atoms with van der Waals surface area (Å²) in [7, 11) is 0. The Bertz CT molecular complexity index is 1930. The molecule has 0 aromatic heterocycles. The Balaban J connectivity index is 1.48. The average molecular weight is 569 g/mol. The minimum atomic E-state index is -0.131. The molecule has 6 aromatic carbocycles. The first-order chi connectivity index (χ1) is 18.8. The highest BCUT2D eigenvalue weighted by molar-refractivity contribution is 9.10. The van der Waals surface area contributed by atoms with Gasteiger partial charge >= 0.3 is 0 Å². The first-order valence-corrected chi connectivity index (χ1v) is 14.3. The second-order valence-electron chi connectivity index (χ2n) is 11.3. The van der Waals surface area contributed by atoms with Crippen LogP contribution in [0.3, 0.4) is 0 Å². The zero-order valence-electron chi connectivity index (χ0n) is 22.7. The fourth-order valence-corrected chi connectivity index (χ4v) is 6.84. The number of para-hydroxylation sites is 1. The van der Waals surface area contributed by atoms with Crippen molar-refractivity contribution in [3.63, 3.8) is 0 Å². The van der Waals surface area contributed by atoms with Crippen molar-refractivity contribution in [1.82, 2.24) is 0 Å². The van der Waals surface area contributed by atoms with Gasteiger partial charge < -0.3 is 4.90 Å². The largest absolute Gasteiger partial charge is 0.310 e. The predicted octanol–water partition coefficient (Wildman–Crippen LogP) is 11.1. The molecule has 0 saturated heterocycles. The molecule has 190 valence electrons. The first kappa shape index (κ1) is 24.2. The second kappa shape index (κ2) is 8.83. The Morgan fingerprint density at radius 2 is 1.26 bits per heavy atom. The van der Waals surface area contributed by atoms with Crippen molar-refractivity contribution >= 4 is 54.5 Å². The van der Waals surface area contributed by atoms with Crippen molar-refractivity contribution in [1.29, 1.82) is 0 Å². The van der Waals surface area contributed by atoms with E-state index in [0.717, 1.165) is 4.47 Å². The molecule has 0 atom stereocenters. The van der Waals surface area contributed by atoms with E-state index in [1.54, 1.807) is 0 Å². The Kier molecular flexibility index (Phi) is 5.47. The predicted molar refractivity (Wildman–Crippen MR) is 171 cm³/mol.